The van der Waals surface area contributed by atoms with E-state index in [4.69, 9.17) is 14.2 Å². The summed E-state index contributed by atoms with van der Waals surface area (Å²) in [4.78, 5) is 23.3. The van der Waals surface area contributed by atoms with Crippen molar-refractivity contribution >= 4 is 11.5 Å². The molecule has 0 unspecified atom stereocenters. The van der Waals surface area contributed by atoms with Gasteiger partial charge in [-0.15, -0.1) is 0 Å². The summed E-state index contributed by atoms with van der Waals surface area (Å²) in [7, 11) is 3.98. The Morgan fingerprint density at radius 3 is 2.08 bits per heavy atom. The second-order valence-electron chi connectivity index (χ2n) is 4.89. The van der Waals surface area contributed by atoms with Crippen LogP contribution in [0.25, 0.3) is 0 Å². The molecule has 0 bridgehead atoms. The molecule has 2 rings (SSSR count). The van der Waals surface area contributed by atoms with Crippen molar-refractivity contribution < 1.29 is 23.9 Å². The van der Waals surface area contributed by atoms with Crippen LogP contribution in [0.15, 0.2) is 36.4 Å². The normalized spacial score (nSPS) is 10.1. The van der Waals surface area contributed by atoms with E-state index in [-0.39, 0.29) is 40.7 Å². The molecule has 0 heterocycles. The summed E-state index contributed by atoms with van der Waals surface area (Å²) < 4.78 is 15.5. The molecule has 0 fully saturated rings. The minimum Gasteiger partial charge on any atom is -0.492 e. The molecule has 0 N–H and O–H groups in total. The maximum atomic E-state index is 12.6. The molecule has 0 aliphatic rings. The van der Waals surface area contributed by atoms with Gasteiger partial charge in [0.1, 0.15) is 0 Å². The molecule has 0 aliphatic carbocycles. The van der Waals surface area contributed by atoms with Crippen molar-refractivity contribution in [1.82, 2.24) is 0 Å². The van der Waals surface area contributed by atoms with Gasteiger partial charge in [-0.2, -0.15) is 0 Å². The van der Waals surface area contributed by atoms with E-state index >= 15 is 0 Å². The van der Waals surface area contributed by atoms with Crippen LogP contribution in [-0.4, -0.2) is 32.0 Å². The predicted octanol–water partition coefficient (Wildman–Crippen LogP) is 3.05. The number of methoxy groups -OCH3 is 3. The Morgan fingerprint density at radius 2 is 1.58 bits per heavy atom. The van der Waals surface area contributed by atoms with Crippen LogP contribution >= 0.6 is 0 Å². The topological polar surface area (TPSA) is 87.9 Å². The second-order valence-corrected chi connectivity index (χ2v) is 4.89. The summed E-state index contributed by atoms with van der Waals surface area (Å²) in [5, 5.41) is 11.3. The molecule has 0 saturated heterocycles. The Morgan fingerprint density at radius 1 is 1.00 bits per heavy atom. The van der Waals surface area contributed by atoms with Gasteiger partial charge in [-0.05, 0) is 5.56 Å². The van der Waals surface area contributed by atoms with Gasteiger partial charge >= 0.3 is 5.69 Å². The first-order valence-electron chi connectivity index (χ1n) is 7.08. The highest BCUT2D eigenvalue weighted by Gasteiger charge is 2.30. The van der Waals surface area contributed by atoms with Gasteiger partial charge in [0.2, 0.25) is 11.5 Å². The number of hydrogen-bond donors (Lipinski definition) is 0. The Hall–Kier alpha value is -3.09. The number of ketones is 1. The largest absolute Gasteiger partial charge is 0.492 e. The predicted molar refractivity (Wildman–Crippen MR) is 87.2 cm³/mol. The fourth-order valence-corrected chi connectivity index (χ4v) is 2.41. The van der Waals surface area contributed by atoms with Crippen LogP contribution < -0.4 is 14.2 Å². The highest BCUT2D eigenvalue weighted by molar-refractivity contribution is 6.02. The molecule has 0 saturated carbocycles. The van der Waals surface area contributed by atoms with Crippen molar-refractivity contribution in [3.8, 4) is 17.2 Å². The van der Waals surface area contributed by atoms with Crippen LogP contribution in [0.2, 0.25) is 0 Å². The number of nitrogens with zero attached hydrogens (tertiary/aromatic N) is 1. The average Bonchev–Trinajstić information content (AvgIpc) is 2.60. The standard InChI is InChI=1S/C17H17NO6/c1-22-15-12(14(19)9-11-7-5-4-6-8-11)10-13(18(20)21)16(23-2)17(15)24-3/h4-8,10H,9H2,1-3H3. The molecule has 0 spiro atoms. The molecular formula is C17H17NO6. The summed E-state index contributed by atoms with van der Waals surface area (Å²) in [6.07, 6.45) is 0.0871. The molecule has 7 heteroatoms. The van der Waals surface area contributed by atoms with Crippen molar-refractivity contribution in [1.29, 1.82) is 0 Å². The van der Waals surface area contributed by atoms with Crippen LogP contribution in [0, 0.1) is 10.1 Å². The first-order valence-corrected chi connectivity index (χ1v) is 7.08. The van der Waals surface area contributed by atoms with E-state index in [0.717, 1.165) is 11.6 Å². The fourth-order valence-electron chi connectivity index (χ4n) is 2.41. The summed E-state index contributed by atoms with van der Waals surface area (Å²) >= 11 is 0. The van der Waals surface area contributed by atoms with E-state index in [0.29, 0.717) is 0 Å². The number of nitro benzene ring substituents is 1. The molecule has 2 aromatic carbocycles. The lowest BCUT2D eigenvalue weighted by Crippen LogP contribution is -2.09. The Balaban J connectivity index is 2.57. The highest BCUT2D eigenvalue weighted by Crippen LogP contribution is 2.46. The van der Waals surface area contributed by atoms with Crippen LogP contribution in [0.5, 0.6) is 17.2 Å². The zero-order valence-electron chi connectivity index (χ0n) is 13.6. The number of carbonyl (C=O) groups excluding carboxylic acids is 1. The monoisotopic (exact) mass is 331 g/mol. The molecular weight excluding hydrogens is 314 g/mol. The quantitative estimate of drug-likeness (QED) is 0.440. The van der Waals surface area contributed by atoms with Gasteiger partial charge in [-0.25, -0.2) is 0 Å². The van der Waals surface area contributed by atoms with Crippen molar-refractivity contribution in [2.24, 2.45) is 0 Å². The van der Waals surface area contributed by atoms with Gasteiger partial charge < -0.3 is 14.2 Å². The molecule has 0 aliphatic heterocycles. The van der Waals surface area contributed by atoms with Crippen molar-refractivity contribution in [2.75, 3.05) is 21.3 Å². The van der Waals surface area contributed by atoms with Crippen molar-refractivity contribution in [3.63, 3.8) is 0 Å². The van der Waals surface area contributed by atoms with Crippen LogP contribution in [0.3, 0.4) is 0 Å². The number of ether oxygens (including phenoxy) is 3. The number of rotatable bonds is 7. The third-order valence-electron chi connectivity index (χ3n) is 3.49. The highest BCUT2D eigenvalue weighted by atomic mass is 16.6. The molecule has 24 heavy (non-hydrogen) atoms. The number of carbonyl (C=O) groups is 1. The first kappa shape index (κ1) is 17.3. The van der Waals surface area contributed by atoms with Gasteiger partial charge in [0.05, 0.1) is 31.8 Å². The maximum absolute atomic E-state index is 12.6. The third kappa shape index (κ3) is 3.29. The molecule has 2 aromatic rings. The lowest BCUT2D eigenvalue weighted by molar-refractivity contribution is -0.385. The van der Waals surface area contributed by atoms with E-state index in [1.165, 1.54) is 21.3 Å². The molecule has 7 nitrogen and oxygen atoms in total. The van der Waals surface area contributed by atoms with Crippen LogP contribution in [0.4, 0.5) is 5.69 Å². The lowest BCUT2D eigenvalue weighted by Gasteiger charge is -2.15. The lowest BCUT2D eigenvalue weighted by atomic mass is 10.0. The smallest absolute Gasteiger partial charge is 0.315 e. The summed E-state index contributed by atoms with van der Waals surface area (Å²) in [6, 6.07) is 10.2. The minimum atomic E-state index is -0.625. The van der Waals surface area contributed by atoms with E-state index in [1.54, 1.807) is 12.1 Å². The first-order chi connectivity index (χ1) is 11.5. The third-order valence-corrected chi connectivity index (χ3v) is 3.49. The molecule has 0 radical (unpaired) electrons. The maximum Gasteiger partial charge on any atom is 0.315 e. The van der Waals surface area contributed by atoms with Gasteiger partial charge in [-0.3, -0.25) is 14.9 Å². The number of Topliss-reactive ketones (excluding diaryl/α,β-unsaturated/α-hetero) is 1. The van der Waals surface area contributed by atoms with Gasteiger partial charge in [0.25, 0.3) is 0 Å². The Labute approximate surface area is 138 Å². The SMILES string of the molecule is COc1c(C(=O)Cc2ccccc2)cc([N+](=O)[O-])c(OC)c1OC. The van der Waals surface area contributed by atoms with E-state index in [9.17, 15) is 14.9 Å². The fraction of sp³-hybridized carbons (Fsp3) is 0.235. The molecule has 126 valence electrons. The van der Waals surface area contributed by atoms with Crippen LogP contribution in [-0.2, 0) is 6.42 Å². The number of nitro groups is 1. The summed E-state index contributed by atoms with van der Waals surface area (Å²) in [6.45, 7) is 0. The summed E-state index contributed by atoms with van der Waals surface area (Å²) in [5.74, 6) is -0.274. The van der Waals surface area contributed by atoms with E-state index < -0.39 is 4.92 Å². The summed E-state index contributed by atoms with van der Waals surface area (Å²) in [5.41, 5.74) is 0.513. The molecule has 0 atom stereocenters. The zero-order valence-corrected chi connectivity index (χ0v) is 13.6. The Bertz CT molecular complexity index is 757. The number of benzene rings is 2. The van der Waals surface area contributed by atoms with E-state index in [2.05, 4.69) is 0 Å². The number of hydrogen-bond acceptors (Lipinski definition) is 6. The van der Waals surface area contributed by atoms with Crippen molar-refractivity contribution in [2.45, 2.75) is 6.42 Å². The second kappa shape index (κ2) is 7.45. The van der Waals surface area contributed by atoms with Gasteiger partial charge in [-0.1, -0.05) is 30.3 Å². The van der Waals surface area contributed by atoms with Crippen molar-refractivity contribution in [3.05, 3.63) is 57.6 Å². The van der Waals surface area contributed by atoms with Crippen LogP contribution in [0.1, 0.15) is 15.9 Å². The zero-order chi connectivity index (χ0) is 17.7. The minimum absolute atomic E-state index is 0.0191. The molecule has 0 amide bonds. The van der Waals surface area contributed by atoms with Gasteiger partial charge in [0.15, 0.2) is 11.5 Å². The van der Waals surface area contributed by atoms with Gasteiger partial charge in [0, 0.05) is 12.5 Å². The molecule has 0 aromatic heterocycles. The Kier molecular flexibility index (Phi) is 5.36. The average molecular weight is 331 g/mol. The van der Waals surface area contributed by atoms with E-state index in [1.807, 2.05) is 18.2 Å².